The highest BCUT2D eigenvalue weighted by Gasteiger charge is 2.21. The van der Waals surface area contributed by atoms with Crippen molar-refractivity contribution in [1.29, 1.82) is 0 Å². The van der Waals surface area contributed by atoms with Gasteiger partial charge in [0.2, 0.25) is 11.9 Å². The Labute approximate surface area is 128 Å². The number of rotatable bonds is 4. The smallest absolute Gasteiger partial charge is 0.323 e. The van der Waals surface area contributed by atoms with E-state index in [1.807, 2.05) is 25.2 Å². The average molecular weight is 305 g/mol. The lowest BCUT2D eigenvalue weighted by Crippen LogP contribution is -2.31. The molecular weight excluding hydrogens is 286 g/mol. The van der Waals surface area contributed by atoms with Gasteiger partial charge >= 0.3 is 6.01 Å². The second-order valence-electron chi connectivity index (χ2n) is 5.20. The highest BCUT2D eigenvalue weighted by atomic mass is 32.1. The molecule has 0 amide bonds. The van der Waals surface area contributed by atoms with Crippen LogP contribution >= 0.6 is 11.3 Å². The van der Waals surface area contributed by atoms with Crippen LogP contribution in [0.25, 0.3) is 0 Å². The van der Waals surface area contributed by atoms with Crippen LogP contribution in [0.3, 0.4) is 0 Å². The van der Waals surface area contributed by atoms with Gasteiger partial charge in [0.1, 0.15) is 0 Å². The molecule has 0 aliphatic carbocycles. The van der Waals surface area contributed by atoms with Crippen LogP contribution in [0.15, 0.2) is 11.4 Å². The Bertz CT molecular complexity index is 628. The second-order valence-corrected chi connectivity index (χ2v) is 6.20. The third kappa shape index (κ3) is 3.07. The molecule has 6 nitrogen and oxygen atoms in total. The zero-order chi connectivity index (χ0) is 14.8. The van der Waals surface area contributed by atoms with E-state index in [9.17, 15) is 0 Å². The van der Waals surface area contributed by atoms with Crippen molar-refractivity contribution in [2.75, 3.05) is 23.8 Å². The highest BCUT2D eigenvalue weighted by molar-refractivity contribution is 7.10. The fourth-order valence-corrected chi connectivity index (χ4v) is 3.17. The summed E-state index contributed by atoms with van der Waals surface area (Å²) in [7, 11) is 1.80. The Morgan fingerprint density at radius 3 is 2.95 bits per heavy atom. The molecule has 0 saturated carbocycles. The van der Waals surface area contributed by atoms with Gasteiger partial charge in [0.25, 0.3) is 0 Å². The van der Waals surface area contributed by atoms with Crippen molar-refractivity contribution >= 4 is 23.2 Å². The summed E-state index contributed by atoms with van der Waals surface area (Å²) in [5.41, 5.74) is 1.36. The Hall–Kier alpha value is -1.89. The highest BCUT2D eigenvalue weighted by Crippen LogP contribution is 2.27. The summed E-state index contributed by atoms with van der Waals surface area (Å²) < 4.78 is 5.62. The van der Waals surface area contributed by atoms with E-state index < -0.39 is 0 Å². The van der Waals surface area contributed by atoms with Crippen LogP contribution in [0.5, 0.6) is 6.01 Å². The molecule has 112 valence electrons. The van der Waals surface area contributed by atoms with Gasteiger partial charge in [0.15, 0.2) is 0 Å². The molecule has 0 radical (unpaired) electrons. The van der Waals surface area contributed by atoms with Crippen LogP contribution in [0, 0.1) is 0 Å². The standard InChI is InChI=1S/C14H19N5OS/c1-9(2)20-14-17-12(15-3)16-13(18-14)19-6-4-11-10(8-19)5-7-21-11/h5,7,9H,4,6,8H2,1-3H3,(H,15,16,17,18). The van der Waals surface area contributed by atoms with Gasteiger partial charge < -0.3 is 15.0 Å². The minimum absolute atomic E-state index is 0.0368. The molecule has 21 heavy (non-hydrogen) atoms. The molecule has 2 aromatic rings. The maximum atomic E-state index is 5.62. The maximum absolute atomic E-state index is 5.62. The molecule has 0 atom stereocenters. The summed E-state index contributed by atoms with van der Waals surface area (Å²) in [4.78, 5) is 16.8. The van der Waals surface area contributed by atoms with Crippen molar-refractivity contribution in [2.45, 2.75) is 32.9 Å². The summed E-state index contributed by atoms with van der Waals surface area (Å²) in [5.74, 6) is 1.20. The van der Waals surface area contributed by atoms with Crippen molar-refractivity contribution in [1.82, 2.24) is 15.0 Å². The number of aromatic nitrogens is 3. The van der Waals surface area contributed by atoms with E-state index in [1.165, 1.54) is 10.4 Å². The van der Waals surface area contributed by atoms with Gasteiger partial charge in [0.05, 0.1) is 6.10 Å². The predicted molar refractivity (Wildman–Crippen MR) is 84.2 cm³/mol. The average Bonchev–Trinajstić information content (AvgIpc) is 2.93. The van der Waals surface area contributed by atoms with Crippen LogP contribution in [-0.2, 0) is 13.0 Å². The van der Waals surface area contributed by atoms with Crippen molar-refractivity contribution in [2.24, 2.45) is 0 Å². The first kappa shape index (κ1) is 14.1. The van der Waals surface area contributed by atoms with Crippen LogP contribution in [0.2, 0.25) is 0 Å². The van der Waals surface area contributed by atoms with E-state index in [2.05, 4.69) is 36.6 Å². The fraction of sp³-hybridized carbons (Fsp3) is 0.500. The Morgan fingerprint density at radius 2 is 2.19 bits per heavy atom. The maximum Gasteiger partial charge on any atom is 0.323 e. The predicted octanol–water partition coefficient (Wildman–Crippen LogP) is 2.32. The molecule has 1 N–H and O–H groups in total. The van der Waals surface area contributed by atoms with Crippen molar-refractivity contribution in [3.63, 3.8) is 0 Å². The van der Waals surface area contributed by atoms with E-state index in [0.717, 1.165) is 19.5 Å². The number of nitrogens with zero attached hydrogens (tertiary/aromatic N) is 4. The van der Waals surface area contributed by atoms with Crippen LogP contribution in [0.4, 0.5) is 11.9 Å². The number of anilines is 2. The van der Waals surface area contributed by atoms with E-state index >= 15 is 0 Å². The summed E-state index contributed by atoms with van der Waals surface area (Å²) in [5, 5.41) is 5.11. The largest absolute Gasteiger partial charge is 0.461 e. The lowest BCUT2D eigenvalue weighted by Gasteiger charge is -2.27. The molecule has 3 heterocycles. The van der Waals surface area contributed by atoms with E-state index in [0.29, 0.717) is 17.9 Å². The first-order valence-corrected chi connectivity index (χ1v) is 7.94. The summed E-state index contributed by atoms with van der Waals surface area (Å²) in [6.07, 6.45) is 1.07. The molecule has 1 aliphatic rings. The van der Waals surface area contributed by atoms with Gasteiger partial charge in [-0.15, -0.1) is 11.3 Å². The number of hydrogen-bond acceptors (Lipinski definition) is 7. The Kier molecular flexibility index (Phi) is 3.92. The summed E-state index contributed by atoms with van der Waals surface area (Å²) >= 11 is 1.82. The minimum atomic E-state index is 0.0368. The lowest BCUT2D eigenvalue weighted by atomic mass is 10.1. The summed E-state index contributed by atoms with van der Waals surface area (Å²) in [6, 6.07) is 2.55. The van der Waals surface area contributed by atoms with Gasteiger partial charge in [0, 0.05) is 25.0 Å². The number of nitrogens with one attached hydrogen (secondary N) is 1. The molecule has 3 rings (SSSR count). The van der Waals surface area contributed by atoms with E-state index in [4.69, 9.17) is 4.74 Å². The molecule has 0 bridgehead atoms. The number of thiophene rings is 1. The first-order chi connectivity index (χ1) is 10.2. The molecule has 0 saturated heterocycles. The van der Waals surface area contributed by atoms with Crippen LogP contribution < -0.4 is 15.0 Å². The molecule has 7 heteroatoms. The van der Waals surface area contributed by atoms with E-state index in [1.54, 1.807) is 7.05 Å². The Morgan fingerprint density at radius 1 is 1.33 bits per heavy atom. The topological polar surface area (TPSA) is 63.2 Å². The monoisotopic (exact) mass is 305 g/mol. The minimum Gasteiger partial charge on any atom is -0.461 e. The lowest BCUT2D eigenvalue weighted by molar-refractivity contribution is 0.222. The zero-order valence-corrected chi connectivity index (χ0v) is 13.3. The number of fused-ring (bicyclic) bond motifs is 1. The van der Waals surface area contributed by atoms with Gasteiger partial charge in [-0.1, -0.05) is 0 Å². The summed E-state index contributed by atoms with van der Waals surface area (Å²) in [6.45, 7) is 5.68. The van der Waals surface area contributed by atoms with Gasteiger partial charge in [-0.25, -0.2) is 0 Å². The molecule has 1 aliphatic heterocycles. The van der Waals surface area contributed by atoms with Crippen LogP contribution in [-0.4, -0.2) is 34.6 Å². The molecule has 2 aromatic heterocycles. The van der Waals surface area contributed by atoms with Gasteiger partial charge in [-0.05, 0) is 37.3 Å². The zero-order valence-electron chi connectivity index (χ0n) is 12.5. The molecule has 0 spiro atoms. The van der Waals surface area contributed by atoms with Crippen molar-refractivity contribution in [3.05, 3.63) is 21.9 Å². The Balaban J connectivity index is 1.87. The second kappa shape index (κ2) is 5.85. The fourth-order valence-electron chi connectivity index (χ4n) is 2.28. The molecular formula is C14H19N5OS. The van der Waals surface area contributed by atoms with Gasteiger partial charge in [-0.2, -0.15) is 15.0 Å². The number of hydrogen-bond donors (Lipinski definition) is 1. The van der Waals surface area contributed by atoms with Gasteiger partial charge in [-0.3, -0.25) is 0 Å². The van der Waals surface area contributed by atoms with E-state index in [-0.39, 0.29) is 6.10 Å². The quantitative estimate of drug-likeness (QED) is 0.935. The van der Waals surface area contributed by atoms with Crippen LogP contribution in [0.1, 0.15) is 24.3 Å². The SMILES string of the molecule is CNc1nc(OC(C)C)nc(N2CCc3sccc3C2)n1. The third-order valence-electron chi connectivity index (χ3n) is 3.26. The first-order valence-electron chi connectivity index (χ1n) is 7.06. The number of ether oxygens (including phenoxy) is 1. The van der Waals surface area contributed by atoms with Crippen molar-refractivity contribution in [3.8, 4) is 6.01 Å². The molecule has 0 unspecified atom stereocenters. The molecule has 0 fully saturated rings. The van der Waals surface area contributed by atoms with Crippen molar-refractivity contribution < 1.29 is 4.74 Å². The normalized spacial score (nSPS) is 14.2. The molecule has 0 aromatic carbocycles. The third-order valence-corrected chi connectivity index (χ3v) is 4.28.